The van der Waals surface area contributed by atoms with Crippen molar-refractivity contribution in [2.75, 3.05) is 19.6 Å². The lowest BCUT2D eigenvalue weighted by Crippen LogP contribution is -2.49. The number of hydrogen-bond donors (Lipinski definition) is 1. The summed E-state index contributed by atoms with van der Waals surface area (Å²) in [6, 6.07) is 3.11. The molecule has 1 aromatic heterocycles. The quantitative estimate of drug-likeness (QED) is 0.797. The van der Waals surface area contributed by atoms with Gasteiger partial charge in [-0.1, -0.05) is 0 Å². The van der Waals surface area contributed by atoms with E-state index in [0.717, 1.165) is 12.1 Å². The highest BCUT2D eigenvalue weighted by molar-refractivity contribution is 7.89. The molecule has 2 aromatic rings. The van der Waals surface area contributed by atoms with Crippen LogP contribution in [0.5, 0.6) is 0 Å². The third kappa shape index (κ3) is 4.00. The Bertz CT molecular complexity index is 1000. The van der Waals surface area contributed by atoms with Crippen LogP contribution in [0, 0.1) is 11.3 Å². The van der Waals surface area contributed by atoms with Gasteiger partial charge in [0.1, 0.15) is 5.82 Å². The highest BCUT2D eigenvalue weighted by Crippen LogP contribution is 2.34. The predicted octanol–water partition coefficient (Wildman–Crippen LogP) is 2.07. The average molecular weight is 436 g/mol. The van der Waals surface area contributed by atoms with Crippen molar-refractivity contribution in [3.63, 3.8) is 0 Å². The minimum atomic E-state index is -4.74. The van der Waals surface area contributed by atoms with Gasteiger partial charge in [0.2, 0.25) is 10.0 Å². The van der Waals surface area contributed by atoms with Crippen molar-refractivity contribution in [1.29, 1.82) is 5.26 Å². The maximum Gasteiger partial charge on any atom is 0.417 e. The summed E-state index contributed by atoms with van der Waals surface area (Å²) in [4.78, 5) is 3.84. The summed E-state index contributed by atoms with van der Waals surface area (Å²) < 4.78 is 68.0. The van der Waals surface area contributed by atoms with Gasteiger partial charge in [-0.25, -0.2) is 13.4 Å². The number of sulfonamides is 1. The summed E-state index contributed by atoms with van der Waals surface area (Å²) in [6.07, 6.45) is -1.51. The van der Waals surface area contributed by atoms with Gasteiger partial charge in [0.15, 0.2) is 0 Å². The standard InChI is InChI=1S/C16H16F3N5O2S.ClH/c1-23-6-5-22-15(23)14-10-21-4-7-24(14)27(25,26)12-2-3-13(16(17,18)19)11(8-12)9-20;/h2-3,5-6,8,14,21H,4,7,10H2,1H3;1H. The number of halogens is 4. The molecule has 1 aromatic carbocycles. The first-order chi connectivity index (χ1) is 12.7. The molecule has 7 nitrogen and oxygen atoms in total. The molecule has 0 saturated carbocycles. The van der Waals surface area contributed by atoms with Crippen molar-refractivity contribution in [1.82, 2.24) is 19.2 Å². The van der Waals surface area contributed by atoms with Crippen LogP contribution in [0.2, 0.25) is 0 Å². The van der Waals surface area contributed by atoms with Gasteiger partial charge in [0.05, 0.1) is 28.1 Å². The Morgan fingerprint density at radius 2 is 2.07 bits per heavy atom. The van der Waals surface area contributed by atoms with E-state index in [4.69, 9.17) is 5.26 Å². The fourth-order valence-electron chi connectivity index (χ4n) is 3.05. The number of piperazine rings is 1. The number of nitrogens with zero attached hydrogens (tertiary/aromatic N) is 4. The number of hydrogen-bond acceptors (Lipinski definition) is 5. The first-order valence-corrected chi connectivity index (χ1v) is 9.41. The summed E-state index contributed by atoms with van der Waals surface area (Å²) in [7, 11) is -2.40. The topological polar surface area (TPSA) is 91.0 Å². The van der Waals surface area contributed by atoms with Crippen molar-refractivity contribution < 1.29 is 21.6 Å². The molecule has 1 unspecified atom stereocenters. The smallest absolute Gasteiger partial charge is 0.337 e. The summed E-state index contributed by atoms with van der Waals surface area (Å²) in [5.41, 5.74) is -1.89. The lowest BCUT2D eigenvalue weighted by molar-refractivity contribution is -0.137. The monoisotopic (exact) mass is 435 g/mol. The molecule has 12 heteroatoms. The van der Waals surface area contributed by atoms with Crippen molar-refractivity contribution in [3.8, 4) is 6.07 Å². The van der Waals surface area contributed by atoms with Crippen LogP contribution in [-0.2, 0) is 23.2 Å². The predicted molar refractivity (Wildman–Crippen MR) is 96.1 cm³/mol. The second-order valence-corrected chi connectivity index (χ2v) is 7.94. The molecular weight excluding hydrogens is 419 g/mol. The number of alkyl halides is 3. The third-order valence-electron chi connectivity index (χ3n) is 4.37. The number of imidazole rings is 1. The van der Waals surface area contributed by atoms with Crippen LogP contribution in [0.25, 0.3) is 0 Å². The van der Waals surface area contributed by atoms with Crippen LogP contribution < -0.4 is 5.32 Å². The minimum absolute atomic E-state index is 0. The molecule has 0 amide bonds. The molecular formula is C16H17ClF3N5O2S. The molecule has 152 valence electrons. The molecule has 28 heavy (non-hydrogen) atoms. The molecule has 1 aliphatic rings. The lowest BCUT2D eigenvalue weighted by Gasteiger charge is -2.34. The number of aryl methyl sites for hydroxylation is 1. The van der Waals surface area contributed by atoms with Crippen molar-refractivity contribution in [2.24, 2.45) is 7.05 Å². The van der Waals surface area contributed by atoms with E-state index < -0.39 is 33.4 Å². The van der Waals surface area contributed by atoms with Crippen LogP contribution in [0.1, 0.15) is 23.0 Å². The first-order valence-electron chi connectivity index (χ1n) is 7.97. The lowest BCUT2D eigenvalue weighted by atomic mass is 10.1. The maximum atomic E-state index is 13.1. The molecule has 0 aliphatic carbocycles. The fourth-order valence-corrected chi connectivity index (χ4v) is 4.66. The number of benzene rings is 1. The number of nitriles is 1. The van der Waals surface area contributed by atoms with Crippen LogP contribution in [0.3, 0.4) is 0 Å². The van der Waals surface area contributed by atoms with Crippen LogP contribution in [0.4, 0.5) is 13.2 Å². The molecule has 0 bridgehead atoms. The highest BCUT2D eigenvalue weighted by atomic mass is 35.5. The average Bonchev–Trinajstić information content (AvgIpc) is 3.06. The molecule has 0 radical (unpaired) electrons. The minimum Gasteiger partial charge on any atom is -0.337 e. The van der Waals surface area contributed by atoms with Crippen molar-refractivity contribution in [3.05, 3.63) is 47.5 Å². The van der Waals surface area contributed by atoms with Gasteiger partial charge in [-0.3, -0.25) is 0 Å². The summed E-state index contributed by atoms with van der Waals surface area (Å²) >= 11 is 0. The van der Waals surface area contributed by atoms with Gasteiger partial charge < -0.3 is 9.88 Å². The van der Waals surface area contributed by atoms with E-state index in [1.54, 1.807) is 24.0 Å². The maximum absolute atomic E-state index is 13.1. The van der Waals surface area contributed by atoms with E-state index in [1.807, 2.05) is 0 Å². The van der Waals surface area contributed by atoms with E-state index in [2.05, 4.69) is 10.3 Å². The zero-order valence-electron chi connectivity index (χ0n) is 14.6. The molecule has 1 saturated heterocycles. The Morgan fingerprint density at radius 1 is 1.36 bits per heavy atom. The molecule has 3 rings (SSSR count). The van der Waals surface area contributed by atoms with Crippen LogP contribution >= 0.6 is 12.4 Å². The summed E-state index contributed by atoms with van der Waals surface area (Å²) in [5, 5.41) is 12.1. The van der Waals surface area contributed by atoms with Crippen molar-refractivity contribution >= 4 is 22.4 Å². The second-order valence-electron chi connectivity index (χ2n) is 6.05. The summed E-state index contributed by atoms with van der Waals surface area (Å²) in [5.74, 6) is 0.512. The van der Waals surface area contributed by atoms with Gasteiger partial charge in [-0.2, -0.15) is 22.7 Å². The van der Waals surface area contributed by atoms with Crippen molar-refractivity contribution in [2.45, 2.75) is 17.1 Å². The zero-order chi connectivity index (χ0) is 19.8. The van der Waals surface area contributed by atoms with E-state index in [-0.39, 0.29) is 23.8 Å². The molecule has 1 N–H and O–H groups in total. The SMILES string of the molecule is Cl.Cn1ccnc1C1CNCCN1S(=O)(=O)c1ccc(C(F)(F)F)c(C#N)c1. The molecule has 1 atom stereocenters. The van der Waals surface area contributed by atoms with E-state index in [9.17, 15) is 21.6 Å². The Kier molecular flexibility index (Phi) is 6.40. The normalized spacial score (nSPS) is 18.3. The van der Waals surface area contributed by atoms with Crippen LogP contribution in [0.15, 0.2) is 35.5 Å². The summed E-state index contributed by atoms with van der Waals surface area (Å²) in [6.45, 7) is 0.838. The van der Waals surface area contributed by atoms with Crippen LogP contribution in [-0.4, -0.2) is 41.9 Å². The fraction of sp³-hybridized carbons (Fsp3) is 0.375. The molecule has 0 spiro atoms. The number of nitrogens with one attached hydrogen (secondary N) is 1. The van der Waals surface area contributed by atoms with Gasteiger partial charge >= 0.3 is 6.18 Å². The van der Waals surface area contributed by atoms with Gasteiger partial charge in [-0.15, -0.1) is 12.4 Å². The Labute approximate surface area is 166 Å². The van der Waals surface area contributed by atoms with E-state index in [0.29, 0.717) is 25.0 Å². The molecule has 1 fully saturated rings. The van der Waals surface area contributed by atoms with Gasteiger partial charge in [0, 0.05) is 39.1 Å². The van der Waals surface area contributed by atoms with E-state index in [1.165, 1.54) is 10.4 Å². The Morgan fingerprint density at radius 3 is 2.64 bits per heavy atom. The largest absolute Gasteiger partial charge is 0.417 e. The number of aromatic nitrogens is 2. The third-order valence-corrected chi connectivity index (χ3v) is 6.28. The Hall–Kier alpha value is -2.13. The first kappa shape index (κ1) is 22.2. The Balaban J connectivity index is 0.00000280. The van der Waals surface area contributed by atoms with Gasteiger partial charge in [0.25, 0.3) is 0 Å². The number of rotatable bonds is 3. The molecule has 1 aliphatic heterocycles. The highest BCUT2D eigenvalue weighted by Gasteiger charge is 2.38. The second kappa shape index (κ2) is 8.08. The van der Waals surface area contributed by atoms with E-state index >= 15 is 0 Å². The zero-order valence-corrected chi connectivity index (χ0v) is 16.3. The molecule has 2 heterocycles. The van der Waals surface area contributed by atoms with Gasteiger partial charge in [-0.05, 0) is 18.2 Å².